The minimum absolute atomic E-state index is 0.205. The number of benzene rings is 1. The van der Waals surface area contributed by atoms with Gasteiger partial charge in [0.05, 0.1) is 25.4 Å². The number of alkyl carbamates (subject to hydrolysis) is 1. The van der Waals surface area contributed by atoms with Gasteiger partial charge in [-0.15, -0.1) is 0 Å². The molecule has 0 radical (unpaired) electrons. The summed E-state index contributed by atoms with van der Waals surface area (Å²) in [4.78, 5) is 24.8. The van der Waals surface area contributed by atoms with Crippen molar-refractivity contribution in [2.45, 2.75) is 136 Å². The molecule has 0 bridgehead atoms. The van der Waals surface area contributed by atoms with Crippen molar-refractivity contribution in [3.8, 4) is 0 Å². The molecule has 1 aromatic rings. The first-order valence-electron chi connectivity index (χ1n) is 14.0. The van der Waals surface area contributed by atoms with E-state index in [1.807, 2.05) is 30.3 Å². The summed E-state index contributed by atoms with van der Waals surface area (Å²) in [6.07, 6.45) is 12.7. The van der Waals surface area contributed by atoms with E-state index in [1.54, 1.807) is 20.8 Å². The SMILES string of the molecule is CCCCCCCCCCCCC(=O)CC[C@@H](OCc1ccccc1)[C@H](CO)NC(=O)OC(C)(C)C. The zero-order valence-electron chi connectivity index (χ0n) is 23.2. The molecule has 1 aromatic carbocycles. The highest BCUT2D eigenvalue weighted by Gasteiger charge is 2.27. The van der Waals surface area contributed by atoms with Gasteiger partial charge in [0, 0.05) is 12.8 Å². The number of aliphatic hydroxyl groups is 1. The first-order valence-corrected chi connectivity index (χ1v) is 14.0. The molecule has 0 fully saturated rings. The van der Waals surface area contributed by atoms with E-state index in [9.17, 15) is 14.7 Å². The van der Waals surface area contributed by atoms with Crippen molar-refractivity contribution in [2.75, 3.05) is 6.61 Å². The van der Waals surface area contributed by atoms with Crippen molar-refractivity contribution < 1.29 is 24.2 Å². The zero-order valence-corrected chi connectivity index (χ0v) is 23.2. The van der Waals surface area contributed by atoms with Gasteiger partial charge in [-0.2, -0.15) is 0 Å². The molecule has 1 rings (SSSR count). The molecule has 0 saturated carbocycles. The number of ketones is 1. The Labute approximate surface area is 219 Å². The Morgan fingerprint density at radius 1 is 0.889 bits per heavy atom. The van der Waals surface area contributed by atoms with Crippen molar-refractivity contribution >= 4 is 11.9 Å². The van der Waals surface area contributed by atoms with Crippen LogP contribution in [0.25, 0.3) is 0 Å². The number of nitrogens with one attached hydrogen (secondary N) is 1. The molecule has 2 atom stereocenters. The molecule has 0 spiro atoms. The van der Waals surface area contributed by atoms with Crippen LogP contribution in [0.15, 0.2) is 30.3 Å². The van der Waals surface area contributed by atoms with Gasteiger partial charge in [-0.1, -0.05) is 95.0 Å². The average Bonchev–Trinajstić information content (AvgIpc) is 2.83. The summed E-state index contributed by atoms with van der Waals surface area (Å²) in [5.74, 6) is 0.205. The second kappa shape index (κ2) is 19.2. The number of aliphatic hydroxyl groups excluding tert-OH is 1. The quantitative estimate of drug-likeness (QED) is 0.184. The Balaban J connectivity index is 2.45. The lowest BCUT2D eigenvalue weighted by Gasteiger charge is -2.28. The summed E-state index contributed by atoms with van der Waals surface area (Å²) in [5, 5.41) is 12.7. The summed E-state index contributed by atoms with van der Waals surface area (Å²) >= 11 is 0. The average molecular weight is 506 g/mol. The van der Waals surface area contributed by atoms with Gasteiger partial charge in [-0.25, -0.2) is 4.79 Å². The molecular weight excluding hydrogens is 454 g/mol. The van der Waals surface area contributed by atoms with E-state index in [0.717, 1.165) is 18.4 Å². The molecule has 206 valence electrons. The second-order valence-corrected chi connectivity index (χ2v) is 10.8. The maximum Gasteiger partial charge on any atom is 0.408 e. The molecule has 0 aliphatic carbocycles. The van der Waals surface area contributed by atoms with E-state index in [2.05, 4.69) is 12.2 Å². The van der Waals surface area contributed by atoms with Crippen molar-refractivity contribution in [1.82, 2.24) is 5.32 Å². The standard InChI is InChI=1S/C30H51NO5/c1-5-6-7-8-9-10-11-12-13-17-20-26(33)21-22-28(35-24-25-18-15-14-16-19-25)27(23-32)31-29(34)36-30(2,3)4/h14-16,18-19,27-28,32H,5-13,17,20-24H2,1-4H3,(H,31,34)/t27-,28+/m0/s1. The summed E-state index contributed by atoms with van der Waals surface area (Å²) < 4.78 is 11.4. The highest BCUT2D eigenvalue weighted by molar-refractivity contribution is 5.78. The van der Waals surface area contributed by atoms with Crippen LogP contribution in [0.4, 0.5) is 4.79 Å². The van der Waals surface area contributed by atoms with Crippen LogP contribution in [0.3, 0.4) is 0 Å². The lowest BCUT2D eigenvalue weighted by atomic mass is 10.0. The highest BCUT2D eigenvalue weighted by Crippen LogP contribution is 2.16. The molecule has 6 nitrogen and oxygen atoms in total. The predicted molar refractivity (Wildman–Crippen MR) is 146 cm³/mol. The molecular formula is C30H51NO5. The van der Waals surface area contributed by atoms with Crippen LogP contribution < -0.4 is 5.32 Å². The van der Waals surface area contributed by atoms with Gasteiger partial charge in [-0.05, 0) is 39.2 Å². The van der Waals surface area contributed by atoms with Gasteiger partial charge in [0.1, 0.15) is 11.4 Å². The molecule has 0 saturated heterocycles. The normalized spacial score (nSPS) is 13.2. The minimum Gasteiger partial charge on any atom is -0.444 e. The maximum atomic E-state index is 12.5. The fraction of sp³-hybridized carbons (Fsp3) is 0.733. The Hall–Kier alpha value is -1.92. The molecule has 0 heterocycles. The minimum atomic E-state index is -0.659. The summed E-state index contributed by atoms with van der Waals surface area (Å²) in [6.45, 7) is 7.64. The van der Waals surface area contributed by atoms with E-state index < -0.39 is 23.8 Å². The number of unbranched alkanes of at least 4 members (excludes halogenated alkanes) is 9. The fourth-order valence-corrected chi connectivity index (χ4v) is 4.13. The van der Waals surface area contributed by atoms with Crippen LogP contribution >= 0.6 is 0 Å². The van der Waals surface area contributed by atoms with E-state index >= 15 is 0 Å². The molecule has 0 unspecified atom stereocenters. The van der Waals surface area contributed by atoms with Crippen LogP contribution in [0.1, 0.15) is 117 Å². The number of carbonyl (C=O) groups excluding carboxylic acids is 2. The van der Waals surface area contributed by atoms with Gasteiger partial charge in [0.25, 0.3) is 0 Å². The van der Waals surface area contributed by atoms with E-state index in [0.29, 0.717) is 25.9 Å². The smallest absolute Gasteiger partial charge is 0.408 e. The van der Waals surface area contributed by atoms with Crippen LogP contribution in [-0.2, 0) is 20.9 Å². The van der Waals surface area contributed by atoms with Gasteiger partial charge < -0.3 is 19.9 Å². The molecule has 0 aliphatic rings. The molecule has 1 amide bonds. The van der Waals surface area contributed by atoms with Crippen LogP contribution in [0, 0.1) is 0 Å². The number of carbonyl (C=O) groups is 2. The zero-order chi connectivity index (χ0) is 26.7. The van der Waals surface area contributed by atoms with Crippen LogP contribution in [-0.4, -0.2) is 41.3 Å². The van der Waals surface area contributed by atoms with Gasteiger partial charge in [-0.3, -0.25) is 4.79 Å². The molecule has 2 N–H and O–H groups in total. The van der Waals surface area contributed by atoms with E-state index in [1.165, 1.54) is 51.4 Å². The molecule has 36 heavy (non-hydrogen) atoms. The van der Waals surface area contributed by atoms with E-state index in [4.69, 9.17) is 9.47 Å². The van der Waals surface area contributed by atoms with E-state index in [-0.39, 0.29) is 12.4 Å². The fourth-order valence-electron chi connectivity index (χ4n) is 4.13. The lowest BCUT2D eigenvalue weighted by Crippen LogP contribution is -2.48. The number of Topliss-reactive ketones (excluding diaryl/α,β-unsaturated/α-hetero) is 1. The van der Waals surface area contributed by atoms with Crippen molar-refractivity contribution in [1.29, 1.82) is 0 Å². The Morgan fingerprint density at radius 3 is 2.03 bits per heavy atom. The third-order valence-electron chi connectivity index (χ3n) is 6.17. The monoisotopic (exact) mass is 505 g/mol. The second-order valence-electron chi connectivity index (χ2n) is 10.8. The third-order valence-corrected chi connectivity index (χ3v) is 6.17. The topological polar surface area (TPSA) is 84.9 Å². The van der Waals surface area contributed by atoms with Crippen LogP contribution in [0.5, 0.6) is 0 Å². The number of hydrogen-bond donors (Lipinski definition) is 2. The first-order chi connectivity index (χ1) is 17.2. The number of amides is 1. The molecule has 0 aliphatic heterocycles. The predicted octanol–water partition coefficient (Wildman–Crippen LogP) is 7.12. The van der Waals surface area contributed by atoms with Crippen molar-refractivity contribution in [3.63, 3.8) is 0 Å². The van der Waals surface area contributed by atoms with Crippen molar-refractivity contribution in [2.24, 2.45) is 0 Å². The third kappa shape index (κ3) is 16.7. The Kier molecular flexibility index (Phi) is 17.1. The number of ether oxygens (including phenoxy) is 2. The first kappa shape index (κ1) is 32.1. The van der Waals surface area contributed by atoms with Gasteiger partial charge in [0.2, 0.25) is 0 Å². The maximum absolute atomic E-state index is 12.5. The van der Waals surface area contributed by atoms with Crippen molar-refractivity contribution in [3.05, 3.63) is 35.9 Å². The largest absolute Gasteiger partial charge is 0.444 e. The number of hydrogen-bond acceptors (Lipinski definition) is 5. The summed E-state index contributed by atoms with van der Waals surface area (Å²) in [6, 6.07) is 9.08. The van der Waals surface area contributed by atoms with Gasteiger partial charge in [0.15, 0.2) is 0 Å². The molecule has 6 heteroatoms. The Morgan fingerprint density at radius 2 is 1.47 bits per heavy atom. The van der Waals surface area contributed by atoms with Crippen LogP contribution in [0.2, 0.25) is 0 Å². The molecule has 0 aromatic heterocycles. The lowest BCUT2D eigenvalue weighted by molar-refractivity contribution is -0.120. The summed E-state index contributed by atoms with van der Waals surface area (Å²) in [5.41, 5.74) is 0.350. The number of rotatable bonds is 20. The highest BCUT2D eigenvalue weighted by atomic mass is 16.6. The Bertz CT molecular complexity index is 701. The summed E-state index contributed by atoms with van der Waals surface area (Å²) in [7, 11) is 0. The van der Waals surface area contributed by atoms with Gasteiger partial charge >= 0.3 is 6.09 Å².